The van der Waals surface area contributed by atoms with Gasteiger partial charge >= 0.3 is 0 Å². The first-order valence-corrected chi connectivity index (χ1v) is 8.64. The Hall–Kier alpha value is -3.35. The standard InChI is InChI=1S/C20H20N4O3/c1-23-10-11-24(19-18(23)21-15-6-4-5-7-16(15)22-19)20(25)14-9-8-13(26-2)12-17(14)27-3/h4-9,12H,10-11H2,1-3H3. The van der Waals surface area contributed by atoms with Crippen molar-refractivity contribution in [1.82, 2.24) is 9.97 Å². The fourth-order valence-electron chi connectivity index (χ4n) is 3.20. The van der Waals surface area contributed by atoms with Gasteiger partial charge in [-0.05, 0) is 24.3 Å². The molecule has 7 nitrogen and oxygen atoms in total. The molecular formula is C20H20N4O3. The summed E-state index contributed by atoms with van der Waals surface area (Å²) in [6.45, 7) is 1.19. The lowest BCUT2D eigenvalue weighted by molar-refractivity contribution is 0.0983. The Balaban J connectivity index is 1.81. The van der Waals surface area contributed by atoms with Crippen molar-refractivity contribution in [3.63, 3.8) is 0 Å². The van der Waals surface area contributed by atoms with Gasteiger partial charge in [-0.2, -0.15) is 0 Å². The maximum Gasteiger partial charge on any atom is 0.263 e. The van der Waals surface area contributed by atoms with E-state index in [0.29, 0.717) is 41.8 Å². The second-order valence-corrected chi connectivity index (χ2v) is 6.30. The second kappa shape index (κ2) is 6.75. The van der Waals surface area contributed by atoms with E-state index < -0.39 is 0 Å². The molecule has 0 atom stereocenters. The van der Waals surface area contributed by atoms with Crippen LogP contribution in [-0.2, 0) is 0 Å². The van der Waals surface area contributed by atoms with E-state index >= 15 is 0 Å². The van der Waals surface area contributed by atoms with Crippen LogP contribution in [-0.4, -0.2) is 50.2 Å². The fourth-order valence-corrected chi connectivity index (χ4v) is 3.20. The molecule has 0 saturated carbocycles. The molecular weight excluding hydrogens is 344 g/mol. The van der Waals surface area contributed by atoms with Gasteiger partial charge in [0.15, 0.2) is 11.6 Å². The zero-order valence-electron chi connectivity index (χ0n) is 15.5. The summed E-state index contributed by atoms with van der Waals surface area (Å²) in [5.41, 5.74) is 2.02. The highest BCUT2D eigenvalue weighted by molar-refractivity contribution is 6.09. The molecule has 0 bridgehead atoms. The van der Waals surface area contributed by atoms with E-state index in [1.807, 2.05) is 36.2 Å². The number of anilines is 2. The lowest BCUT2D eigenvalue weighted by Gasteiger charge is -2.34. The third kappa shape index (κ3) is 2.91. The maximum atomic E-state index is 13.3. The van der Waals surface area contributed by atoms with Crippen molar-refractivity contribution < 1.29 is 14.3 Å². The lowest BCUT2D eigenvalue weighted by atomic mass is 10.1. The minimum Gasteiger partial charge on any atom is -0.497 e. The molecule has 3 aromatic rings. The van der Waals surface area contributed by atoms with Crippen LogP contribution in [0.2, 0.25) is 0 Å². The normalized spacial score (nSPS) is 13.4. The van der Waals surface area contributed by atoms with Gasteiger partial charge in [-0.3, -0.25) is 9.69 Å². The molecule has 7 heteroatoms. The van der Waals surface area contributed by atoms with Gasteiger partial charge in [-0.15, -0.1) is 0 Å². The first-order valence-electron chi connectivity index (χ1n) is 8.64. The molecule has 0 N–H and O–H groups in total. The Kier molecular flexibility index (Phi) is 4.27. The summed E-state index contributed by atoms with van der Waals surface area (Å²) in [5, 5.41) is 0. The van der Waals surface area contributed by atoms with E-state index in [0.717, 1.165) is 11.0 Å². The maximum absolute atomic E-state index is 13.3. The summed E-state index contributed by atoms with van der Waals surface area (Å²) in [5.74, 6) is 2.18. The van der Waals surface area contributed by atoms with Crippen molar-refractivity contribution in [3.8, 4) is 11.5 Å². The van der Waals surface area contributed by atoms with E-state index in [-0.39, 0.29) is 5.91 Å². The number of hydrogen-bond donors (Lipinski definition) is 0. The van der Waals surface area contributed by atoms with Gasteiger partial charge in [-0.25, -0.2) is 9.97 Å². The SMILES string of the molecule is COc1ccc(C(=O)N2CCN(C)c3nc4ccccc4nc32)c(OC)c1. The predicted octanol–water partition coefficient (Wildman–Crippen LogP) is 2.74. The molecule has 138 valence electrons. The number of benzene rings is 2. The summed E-state index contributed by atoms with van der Waals surface area (Å²) in [7, 11) is 5.07. The molecule has 1 aliphatic rings. The number of hydrogen-bond acceptors (Lipinski definition) is 6. The van der Waals surface area contributed by atoms with E-state index in [4.69, 9.17) is 19.4 Å². The Morgan fingerprint density at radius 1 is 0.963 bits per heavy atom. The average Bonchev–Trinajstić information content (AvgIpc) is 2.72. The van der Waals surface area contributed by atoms with Crippen LogP contribution in [0.15, 0.2) is 42.5 Å². The average molecular weight is 364 g/mol. The van der Waals surface area contributed by atoms with Crippen LogP contribution < -0.4 is 19.3 Å². The number of fused-ring (bicyclic) bond motifs is 2. The van der Waals surface area contributed by atoms with Crippen molar-refractivity contribution in [2.75, 3.05) is 44.2 Å². The molecule has 2 heterocycles. The largest absolute Gasteiger partial charge is 0.497 e. The molecule has 0 spiro atoms. The second-order valence-electron chi connectivity index (χ2n) is 6.30. The number of ether oxygens (including phenoxy) is 2. The van der Waals surface area contributed by atoms with Gasteiger partial charge < -0.3 is 14.4 Å². The van der Waals surface area contributed by atoms with Crippen LogP contribution in [0.4, 0.5) is 11.6 Å². The Morgan fingerprint density at radius 3 is 2.33 bits per heavy atom. The molecule has 0 aliphatic carbocycles. The quantitative estimate of drug-likeness (QED) is 0.712. The molecule has 0 saturated heterocycles. The van der Waals surface area contributed by atoms with Gasteiger partial charge in [0.2, 0.25) is 0 Å². The molecule has 27 heavy (non-hydrogen) atoms. The topological polar surface area (TPSA) is 67.8 Å². The number of amides is 1. The summed E-state index contributed by atoms with van der Waals surface area (Å²) < 4.78 is 10.6. The Morgan fingerprint density at radius 2 is 1.67 bits per heavy atom. The van der Waals surface area contributed by atoms with E-state index in [9.17, 15) is 4.79 Å². The number of nitrogens with zero attached hydrogens (tertiary/aromatic N) is 4. The first-order chi connectivity index (χ1) is 13.1. The van der Waals surface area contributed by atoms with Crippen molar-refractivity contribution in [2.45, 2.75) is 0 Å². The minimum atomic E-state index is -0.173. The van der Waals surface area contributed by atoms with Crippen molar-refractivity contribution in [1.29, 1.82) is 0 Å². The lowest BCUT2D eigenvalue weighted by Crippen LogP contribution is -2.43. The van der Waals surface area contributed by atoms with Crippen molar-refractivity contribution in [3.05, 3.63) is 48.0 Å². The molecule has 1 aromatic heterocycles. The highest BCUT2D eigenvalue weighted by Crippen LogP contribution is 2.33. The number of rotatable bonds is 3. The van der Waals surface area contributed by atoms with Gasteiger partial charge in [0.1, 0.15) is 11.5 Å². The van der Waals surface area contributed by atoms with Gasteiger partial charge in [-0.1, -0.05) is 12.1 Å². The van der Waals surface area contributed by atoms with Crippen LogP contribution in [0, 0.1) is 0 Å². The zero-order chi connectivity index (χ0) is 19.0. The smallest absolute Gasteiger partial charge is 0.263 e. The summed E-state index contributed by atoms with van der Waals surface area (Å²) in [6, 6.07) is 12.8. The molecule has 2 aromatic carbocycles. The zero-order valence-corrected chi connectivity index (χ0v) is 15.5. The number of carbonyl (C=O) groups excluding carboxylic acids is 1. The Bertz CT molecular complexity index is 1020. The van der Waals surface area contributed by atoms with Crippen LogP contribution in [0.3, 0.4) is 0 Å². The van der Waals surface area contributed by atoms with Crippen LogP contribution in [0.25, 0.3) is 11.0 Å². The van der Waals surface area contributed by atoms with Gasteiger partial charge in [0.05, 0.1) is 30.8 Å². The third-order valence-corrected chi connectivity index (χ3v) is 4.69. The van der Waals surface area contributed by atoms with E-state index in [1.165, 1.54) is 7.11 Å². The van der Waals surface area contributed by atoms with Crippen LogP contribution in [0.5, 0.6) is 11.5 Å². The minimum absolute atomic E-state index is 0.173. The number of para-hydroxylation sites is 2. The number of carbonyl (C=O) groups is 1. The number of methoxy groups -OCH3 is 2. The number of likely N-dealkylation sites (N-methyl/N-ethyl adjacent to an activating group) is 1. The number of aromatic nitrogens is 2. The highest BCUT2D eigenvalue weighted by atomic mass is 16.5. The van der Waals surface area contributed by atoms with Crippen LogP contribution >= 0.6 is 0 Å². The van der Waals surface area contributed by atoms with Crippen molar-refractivity contribution >= 4 is 28.6 Å². The van der Waals surface area contributed by atoms with E-state index in [1.54, 1.807) is 30.2 Å². The summed E-state index contributed by atoms with van der Waals surface area (Å²) in [6.07, 6.45) is 0. The van der Waals surface area contributed by atoms with E-state index in [2.05, 4.69) is 0 Å². The third-order valence-electron chi connectivity index (χ3n) is 4.69. The summed E-state index contributed by atoms with van der Waals surface area (Å²) in [4.78, 5) is 26.4. The molecule has 1 amide bonds. The molecule has 0 fully saturated rings. The monoisotopic (exact) mass is 364 g/mol. The molecule has 0 radical (unpaired) electrons. The summed E-state index contributed by atoms with van der Waals surface area (Å²) >= 11 is 0. The van der Waals surface area contributed by atoms with Gasteiger partial charge in [0.25, 0.3) is 5.91 Å². The first kappa shape index (κ1) is 17.1. The van der Waals surface area contributed by atoms with Gasteiger partial charge in [0, 0.05) is 26.2 Å². The molecule has 0 unspecified atom stereocenters. The predicted molar refractivity (Wildman–Crippen MR) is 104 cm³/mol. The fraction of sp³-hybridized carbons (Fsp3) is 0.250. The Labute approximate surface area is 157 Å². The van der Waals surface area contributed by atoms with Crippen LogP contribution in [0.1, 0.15) is 10.4 Å². The molecule has 4 rings (SSSR count). The highest BCUT2D eigenvalue weighted by Gasteiger charge is 2.30. The molecule has 1 aliphatic heterocycles. The van der Waals surface area contributed by atoms with Crippen molar-refractivity contribution in [2.24, 2.45) is 0 Å².